The number of rotatable bonds is 5. The third-order valence-electron chi connectivity index (χ3n) is 3.45. The molecule has 1 atom stereocenters. The number of aromatic nitrogens is 2. The summed E-state index contributed by atoms with van der Waals surface area (Å²) >= 11 is 0. The molecule has 1 aliphatic carbocycles. The molecule has 19 heavy (non-hydrogen) atoms. The van der Waals surface area contributed by atoms with Gasteiger partial charge >= 0.3 is 0 Å². The van der Waals surface area contributed by atoms with E-state index in [1.165, 1.54) is 12.8 Å². The minimum atomic E-state index is 0.230. The Morgan fingerprint density at radius 2 is 2.37 bits per heavy atom. The second kappa shape index (κ2) is 5.71. The Balaban J connectivity index is 1.59. The Bertz CT molecular complexity index is 417. The summed E-state index contributed by atoms with van der Waals surface area (Å²) in [6.07, 6.45) is 4.35. The highest BCUT2D eigenvalue weighted by Gasteiger charge is 2.22. The second-order valence-corrected chi connectivity index (χ2v) is 5.26. The highest BCUT2D eigenvalue weighted by molar-refractivity contribution is 5.49. The summed E-state index contributed by atoms with van der Waals surface area (Å²) in [5.74, 6) is 1.86. The van der Waals surface area contributed by atoms with Gasteiger partial charge in [-0.1, -0.05) is 0 Å². The van der Waals surface area contributed by atoms with Gasteiger partial charge in [-0.05, 0) is 12.8 Å². The fourth-order valence-electron chi connectivity index (χ4n) is 2.21. The summed E-state index contributed by atoms with van der Waals surface area (Å²) < 4.78 is 5.71. The van der Waals surface area contributed by atoms with Crippen molar-refractivity contribution in [2.45, 2.75) is 25.0 Å². The molecule has 2 fully saturated rings. The molecule has 0 spiro atoms. The molecule has 2 heterocycles. The van der Waals surface area contributed by atoms with Gasteiger partial charge in [0.05, 0.1) is 12.7 Å². The van der Waals surface area contributed by atoms with Gasteiger partial charge in [0.1, 0.15) is 18.0 Å². The minimum Gasteiger partial charge on any atom is -0.374 e. The summed E-state index contributed by atoms with van der Waals surface area (Å²) in [6, 6.07) is 2.62. The molecule has 3 rings (SSSR count). The molecule has 6 heteroatoms. The van der Waals surface area contributed by atoms with Gasteiger partial charge in [0.2, 0.25) is 0 Å². The topological polar surface area (TPSA) is 62.3 Å². The predicted molar refractivity (Wildman–Crippen MR) is 74.6 cm³/mol. The van der Waals surface area contributed by atoms with Gasteiger partial charge in [0.15, 0.2) is 0 Å². The molecule has 6 nitrogen and oxygen atoms in total. The van der Waals surface area contributed by atoms with Crippen LogP contribution in [-0.2, 0) is 4.74 Å². The molecule has 2 aliphatic rings. The maximum absolute atomic E-state index is 5.71. The Hall–Kier alpha value is -1.40. The van der Waals surface area contributed by atoms with E-state index in [1.807, 2.05) is 13.1 Å². The average Bonchev–Trinajstić information content (AvgIpc) is 3.24. The third-order valence-corrected chi connectivity index (χ3v) is 3.45. The van der Waals surface area contributed by atoms with Crippen LogP contribution >= 0.6 is 0 Å². The molecule has 0 aromatic carbocycles. The van der Waals surface area contributed by atoms with Crippen LogP contribution in [-0.4, -0.2) is 55.4 Å². The van der Waals surface area contributed by atoms with Crippen molar-refractivity contribution in [3.63, 3.8) is 0 Å². The highest BCUT2D eigenvalue weighted by atomic mass is 16.5. The maximum atomic E-state index is 5.71. The summed E-state index contributed by atoms with van der Waals surface area (Å²) in [6.45, 7) is 3.48. The fraction of sp³-hybridized carbons (Fsp3) is 0.692. The van der Waals surface area contributed by atoms with Crippen molar-refractivity contribution in [2.24, 2.45) is 0 Å². The monoisotopic (exact) mass is 263 g/mol. The van der Waals surface area contributed by atoms with Crippen LogP contribution in [0.1, 0.15) is 12.8 Å². The average molecular weight is 263 g/mol. The quantitative estimate of drug-likeness (QED) is 0.805. The molecule has 1 aromatic heterocycles. The van der Waals surface area contributed by atoms with E-state index in [0.717, 1.165) is 37.9 Å². The predicted octanol–water partition coefficient (Wildman–Crippen LogP) is 0.476. The van der Waals surface area contributed by atoms with Crippen molar-refractivity contribution < 1.29 is 4.74 Å². The largest absolute Gasteiger partial charge is 0.374 e. The lowest BCUT2D eigenvalue weighted by Crippen LogP contribution is -2.44. The Labute approximate surface area is 113 Å². The Morgan fingerprint density at radius 3 is 3.11 bits per heavy atom. The van der Waals surface area contributed by atoms with Crippen LogP contribution in [0.2, 0.25) is 0 Å². The van der Waals surface area contributed by atoms with E-state index in [1.54, 1.807) is 6.33 Å². The van der Waals surface area contributed by atoms with E-state index in [2.05, 4.69) is 25.5 Å². The molecule has 1 saturated carbocycles. The molecule has 2 N–H and O–H groups in total. The zero-order chi connectivity index (χ0) is 13.1. The SMILES string of the molecule is CN(CC1CNCCO1)c1cc(NC2CC2)ncn1. The molecular formula is C13H21N5O. The second-order valence-electron chi connectivity index (χ2n) is 5.26. The van der Waals surface area contributed by atoms with Crippen LogP contribution in [0, 0.1) is 0 Å². The van der Waals surface area contributed by atoms with Gasteiger partial charge in [-0.3, -0.25) is 0 Å². The lowest BCUT2D eigenvalue weighted by molar-refractivity contribution is 0.0339. The van der Waals surface area contributed by atoms with Gasteiger partial charge in [0, 0.05) is 38.8 Å². The van der Waals surface area contributed by atoms with Crippen molar-refractivity contribution in [3.8, 4) is 0 Å². The number of hydrogen-bond acceptors (Lipinski definition) is 6. The molecule has 1 aromatic rings. The van der Waals surface area contributed by atoms with Crippen molar-refractivity contribution in [1.82, 2.24) is 15.3 Å². The van der Waals surface area contributed by atoms with Gasteiger partial charge in [-0.25, -0.2) is 9.97 Å². The van der Waals surface area contributed by atoms with Crippen molar-refractivity contribution in [3.05, 3.63) is 12.4 Å². The van der Waals surface area contributed by atoms with Crippen molar-refractivity contribution >= 4 is 11.6 Å². The first-order valence-electron chi connectivity index (χ1n) is 6.93. The maximum Gasteiger partial charge on any atom is 0.133 e. The third kappa shape index (κ3) is 3.54. The number of nitrogens with one attached hydrogen (secondary N) is 2. The number of ether oxygens (including phenoxy) is 1. The fourth-order valence-corrected chi connectivity index (χ4v) is 2.21. The number of morpholine rings is 1. The molecule has 0 bridgehead atoms. The molecule has 1 saturated heterocycles. The van der Waals surface area contributed by atoms with Crippen LogP contribution in [0.3, 0.4) is 0 Å². The van der Waals surface area contributed by atoms with Crippen LogP contribution in [0.15, 0.2) is 12.4 Å². The Kier molecular flexibility index (Phi) is 3.79. The molecule has 104 valence electrons. The van der Waals surface area contributed by atoms with E-state index in [4.69, 9.17) is 4.74 Å². The molecule has 1 aliphatic heterocycles. The van der Waals surface area contributed by atoms with Gasteiger partial charge in [0.25, 0.3) is 0 Å². The normalized spacial score (nSPS) is 23.1. The first-order chi connectivity index (χ1) is 9.31. The van der Waals surface area contributed by atoms with E-state index in [-0.39, 0.29) is 6.10 Å². The summed E-state index contributed by atoms with van der Waals surface area (Å²) in [5, 5.41) is 6.73. The number of likely N-dealkylation sites (N-methyl/N-ethyl adjacent to an activating group) is 1. The van der Waals surface area contributed by atoms with E-state index < -0.39 is 0 Å². The molecular weight excluding hydrogens is 242 g/mol. The standard InChI is InChI=1S/C13H21N5O/c1-18(8-11-7-14-4-5-19-11)13-6-12(15-9-16-13)17-10-2-3-10/h6,9-11,14H,2-5,7-8H2,1H3,(H,15,16,17). The molecule has 0 amide bonds. The first kappa shape index (κ1) is 12.6. The van der Waals surface area contributed by atoms with Gasteiger partial charge in [-0.2, -0.15) is 0 Å². The lowest BCUT2D eigenvalue weighted by atomic mass is 10.3. The summed E-state index contributed by atoms with van der Waals surface area (Å²) in [7, 11) is 2.04. The lowest BCUT2D eigenvalue weighted by Gasteiger charge is -2.28. The smallest absolute Gasteiger partial charge is 0.133 e. The van der Waals surface area contributed by atoms with E-state index >= 15 is 0 Å². The Morgan fingerprint density at radius 1 is 1.47 bits per heavy atom. The van der Waals surface area contributed by atoms with Gasteiger partial charge in [-0.15, -0.1) is 0 Å². The zero-order valence-electron chi connectivity index (χ0n) is 11.3. The number of hydrogen-bond donors (Lipinski definition) is 2. The van der Waals surface area contributed by atoms with Crippen LogP contribution < -0.4 is 15.5 Å². The summed E-state index contributed by atoms with van der Waals surface area (Å²) in [4.78, 5) is 10.7. The molecule has 0 radical (unpaired) electrons. The molecule has 1 unspecified atom stereocenters. The van der Waals surface area contributed by atoms with Crippen LogP contribution in [0.25, 0.3) is 0 Å². The minimum absolute atomic E-state index is 0.230. The highest BCUT2D eigenvalue weighted by Crippen LogP contribution is 2.24. The summed E-state index contributed by atoms with van der Waals surface area (Å²) in [5.41, 5.74) is 0. The number of anilines is 2. The van der Waals surface area contributed by atoms with Crippen molar-refractivity contribution in [1.29, 1.82) is 0 Å². The van der Waals surface area contributed by atoms with Crippen LogP contribution in [0.4, 0.5) is 11.6 Å². The van der Waals surface area contributed by atoms with Crippen molar-refractivity contribution in [2.75, 3.05) is 43.5 Å². The van der Waals surface area contributed by atoms with Crippen LogP contribution in [0.5, 0.6) is 0 Å². The number of nitrogens with zero attached hydrogens (tertiary/aromatic N) is 3. The van der Waals surface area contributed by atoms with Gasteiger partial charge < -0.3 is 20.3 Å². The zero-order valence-corrected chi connectivity index (χ0v) is 11.3. The van der Waals surface area contributed by atoms with E-state index in [9.17, 15) is 0 Å². The van der Waals surface area contributed by atoms with E-state index in [0.29, 0.717) is 6.04 Å². The first-order valence-corrected chi connectivity index (χ1v) is 6.93.